The number of nitro benzene ring substituents is 1. The first-order valence-electron chi connectivity index (χ1n) is 9.33. The molecular weight excluding hydrogens is 406 g/mol. The summed E-state index contributed by atoms with van der Waals surface area (Å²) in [6.07, 6.45) is 0.987. The largest absolute Gasteiger partial charge is 0.456 e. The molecule has 2 aliphatic rings. The Bertz CT molecular complexity index is 1200. The van der Waals surface area contributed by atoms with E-state index >= 15 is 0 Å². The van der Waals surface area contributed by atoms with Gasteiger partial charge in [-0.05, 0) is 36.2 Å². The number of aromatic nitrogens is 1. The van der Waals surface area contributed by atoms with Gasteiger partial charge in [-0.3, -0.25) is 14.9 Å². The molecule has 1 fully saturated rings. The van der Waals surface area contributed by atoms with Crippen LogP contribution in [0.4, 0.5) is 5.69 Å². The second-order valence-electron chi connectivity index (χ2n) is 7.14. The van der Waals surface area contributed by atoms with E-state index in [1.165, 1.54) is 28.4 Å². The number of ether oxygens (including phenoxy) is 1. The summed E-state index contributed by atoms with van der Waals surface area (Å²) in [5, 5.41) is 11.5. The summed E-state index contributed by atoms with van der Waals surface area (Å²) in [6, 6.07) is 13.5. The number of fused-ring (bicyclic) bond motifs is 2. The number of β-lactam (4-membered cyclic amide) rings is 1. The number of amides is 1. The van der Waals surface area contributed by atoms with Crippen molar-refractivity contribution >= 4 is 44.7 Å². The lowest BCUT2D eigenvalue weighted by Crippen LogP contribution is -2.49. The van der Waals surface area contributed by atoms with Gasteiger partial charge in [0.25, 0.3) is 5.69 Å². The van der Waals surface area contributed by atoms with Crippen LogP contribution in [-0.4, -0.2) is 32.7 Å². The smallest absolute Gasteiger partial charge is 0.355 e. The minimum Gasteiger partial charge on any atom is -0.456 e. The van der Waals surface area contributed by atoms with Crippen LogP contribution in [0.1, 0.15) is 23.4 Å². The second-order valence-corrected chi connectivity index (χ2v) is 8.17. The first-order valence-corrected chi connectivity index (χ1v) is 10.1. The molecule has 2 aromatic carbocycles. The molecule has 1 atom stereocenters. The number of rotatable bonds is 5. The van der Waals surface area contributed by atoms with Crippen molar-refractivity contribution in [2.75, 3.05) is 0 Å². The third-order valence-electron chi connectivity index (χ3n) is 5.27. The van der Waals surface area contributed by atoms with E-state index in [4.69, 9.17) is 4.74 Å². The van der Waals surface area contributed by atoms with E-state index in [-0.39, 0.29) is 29.9 Å². The number of carbonyl (C=O) groups is 2. The molecular formula is C21H15N3O5S. The van der Waals surface area contributed by atoms with Crippen molar-refractivity contribution in [2.24, 2.45) is 0 Å². The van der Waals surface area contributed by atoms with Gasteiger partial charge >= 0.3 is 5.97 Å². The zero-order valence-electron chi connectivity index (χ0n) is 15.6. The maximum Gasteiger partial charge on any atom is 0.355 e. The first-order chi connectivity index (χ1) is 14.5. The van der Waals surface area contributed by atoms with Gasteiger partial charge in [-0.25, -0.2) is 9.78 Å². The van der Waals surface area contributed by atoms with Crippen LogP contribution in [0.5, 0.6) is 0 Å². The number of nitro groups is 1. The van der Waals surface area contributed by atoms with Crippen LogP contribution in [0.15, 0.2) is 54.2 Å². The summed E-state index contributed by atoms with van der Waals surface area (Å²) in [6.45, 7) is -0.0415. The fourth-order valence-electron chi connectivity index (χ4n) is 3.77. The fourth-order valence-corrected chi connectivity index (χ4v) is 4.79. The monoisotopic (exact) mass is 421 g/mol. The lowest BCUT2D eigenvalue weighted by atomic mass is 10.0. The topological polar surface area (TPSA) is 103 Å². The molecule has 0 N–H and O–H groups in total. The number of non-ortho nitro benzene ring substituents is 1. The van der Waals surface area contributed by atoms with Crippen LogP contribution >= 0.6 is 11.3 Å². The Morgan fingerprint density at radius 2 is 1.97 bits per heavy atom. The van der Waals surface area contributed by atoms with Gasteiger partial charge in [0.1, 0.15) is 17.3 Å². The molecule has 5 rings (SSSR count). The van der Waals surface area contributed by atoms with Crippen molar-refractivity contribution in [3.8, 4) is 0 Å². The Morgan fingerprint density at radius 3 is 2.67 bits per heavy atom. The molecule has 1 aromatic heterocycles. The lowest BCUT2D eigenvalue weighted by Gasteiger charge is -2.35. The molecule has 30 heavy (non-hydrogen) atoms. The average Bonchev–Trinajstić information content (AvgIpc) is 3.30. The fraction of sp³-hybridized carbons (Fsp3) is 0.190. The highest BCUT2D eigenvalue weighted by Crippen LogP contribution is 2.44. The van der Waals surface area contributed by atoms with Crippen molar-refractivity contribution in [3.63, 3.8) is 0 Å². The van der Waals surface area contributed by atoms with Crippen molar-refractivity contribution in [1.29, 1.82) is 0 Å². The highest BCUT2D eigenvalue weighted by Gasteiger charge is 2.48. The highest BCUT2D eigenvalue weighted by molar-refractivity contribution is 7.19. The maximum absolute atomic E-state index is 12.9. The van der Waals surface area contributed by atoms with E-state index in [0.29, 0.717) is 18.4 Å². The number of benzene rings is 2. The summed E-state index contributed by atoms with van der Waals surface area (Å²) in [5.41, 5.74) is 2.44. The summed E-state index contributed by atoms with van der Waals surface area (Å²) >= 11 is 1.49. The van der Waals surface area contributed by atoms with Gasteiger partial charge in [0.05, 0.1) is 21.2 Å². The molecule has 0 saturated carbocycles. The predicted molar refractivity (Wildman–Crippen MR) is 109 cm³/mol. The third-order valence-corrected chi connectivity index (χ3v) is 6.37. The minimum absolute atomic E-state index is 0.0264. The van der Waals surface area contributed by atoms with Gasteiger partial charge < -0.3 is 9.64 Å². The zero-order chi connectivity index (χ0) is 20.8. The Morgan fingerprint density at radius 1 is 1.20 bits per heavy atom. The van der Waals surface area contributed by atoms with E-state index in [1.54, 1.807) is 12.1 Å². The molecule has 3 heterocycles. The molecule has 3 aromatic rings. The predicted octanol–water partition coefficient (Wildman–Crippen LogP) is 3.66. The van der Waals surface area contributed by atoms with Gasteiger partial charge in [0.15, 0.2) is 0 Å². The zero-order valence-corrected chi connectivity index (χ0v) is 16.4. The van der Waals surface area contributed by atoms with Crippen LogP contribution in [0.2, 0.25) is 0 Å². The number of hydrogen-bond acceptors (Lipinski definition) is 7. The van der Waals surface area contributed by atoms with Crippen LogP contribution in [0, 0.1) is 10.1 Å². The Labute approximate surface area is 174 Å². The van der Waals surface area contributed by atoms with Crippen LogP contribution in [-0.2, 0) is 20.9 Å². The molecule has 0 unspecified atom stereocenters. The van der Waals surface area contributed by atoms with E-state index in [9.17, 15) is 19.7 Å². The van der Waals surface area contributed by atoms with E-state index in [1.807, 2.05) is 24.3 Å². The van der Waals surface area contributed by atoms with Crippen LogP contribution in [0.3, 0.4) is 0 Å². The van der Waals surface area contributed by atoms with Crippen molar-refractivity contribution in [1.82, 2.24) is 9.88 Å². The standard InChI is InChI=1S/C21H15N3O5S/c25-18-10-14-9-15(20-22-16-3-1-2-4-17(16)30-20)19(23(14)18)21(26)29-11-12-5-7-13(8-6-12)24(27)28/h1-8,14H,9-11H2/t14-/m1/s1. The van der Waals surface area contributed by atoms with Crippen molar-refractivity contribution in [2.45, 2.75) is 25.5 Å². The summed E-state index contributed by atoms with van der Waals surface area (Å²) in [4.78, 5) is 41.5. The van der Waals surface area contributed by atoms with Gasteiger partial charge in [-0.15, -0.1) is 11.3 Å². The summed E-state index contributed by atoms with van der Waals surface area (Å²) in [5.74, 6) is -0.684. The van der Waals surface area contributed by atoms with Crippen LogP contribution in [0.25, 0.3) is 15.8 Å². The molecule has 8 nitrogen and oxygen atoms in total. The van der Waals surface area contributed by atoms with E-state index in [2.05, 4.69) is 4.98 Å². The lowest BCUT2D eigenvalue weighted by molar-refractivity contribution is -0.384. The molecule has 0 radical (unpaired) electrons. The second kappa shape index (κ2) is 7.03. The van der Waals surface area contributed by atoms with Gasteiger partial charge in [-0.1, -0.05) is 12.1 Å². The molecule has 150 valence electrons. The number of hydrogen-bond donors (Lipinski definition) is 0. The quantitative estimate of drug-likeness (QED) is 0.270. The maximum atomic E-state index is 12.9. The molecule has 0 spiro atoms. The molecule has 1 amide bonds. The summed E-state index contributed by atoms with van der Waals surface area (Å²) < 4.78 is 6.47. The first kappa shape index (κ1) is 18.4. The van der Waals surface area contributed by atoms with E-state index < -0.39 is 10.9 Å². The third kappa shape index (κ3) is 3.03. The molecule has 0 aliphatic carbocycles. The normalized spacial score (nSPS) is 17.8. The van der Waals surface area contributed by atoms with Gasteiger partial charge in [-0.2, -0.15) is 0 Å². The molecule has 2 aliphatic heterocycles. The number of thiazole rings is 1. The number of nitrogens with zero attached hydrogens (tertiary/aromatic N) is 3. The van der Waals surface area contributed by atoms with Crippen LogP contribution < -0.4 is 0 Å². The molecule has 9 heteroatoms. The van der Waals surface area contributed by atoms with Crippen molar-refractivity contribution < 1.29 is 19.2 Å². The SMILES string of the molecule is O=C(OCc1ccc([N+](=O)[O-])cc1)C1=C(c2nc3ccccc3s2)C[C@@H]2CC(=O)N12. The number of esters is 1. The summed E-state index contributed by atoms with van der Waals surface area (Å²) in [7, 11) is 0. The Balaban J connectivity index is 1.42. The molecule has 1 saturated heterocycles. The van der Waals surface area contributed by atoms with Gasteiger partial charge in [0.2, 0.25) is 5.91 Å². The number of carbonyl (C=O) groups excluding carboxylic acids is 2. The minimum atomic E-state index is -0.585. The Hall–Kier alpha value is -3.59. The van der Waals surface area contributed by atoms with Gasteiger partial charge in [0, 0.05) is 24.1 Å². The van der Waals surface area contributed by atoms with E-state index in [0.717, 1.165) is 20.8 Å². The van der Waals surface area contributed by atoms with Crippen molar-refractivity contribution in [3.05, 3.63) is 74.9 Å². The number of para-hydroxylation sites is 1. The average molecular weight is 421 g/mol. The highest BCUT2D eigenvalue weighted by atomic mass is 32.1. The molecule has 0 bridgehead atoms. The Kier molecular flexibility index (Phi) is 4.32.